The minimum Gasteiger partial charge on any atom is -0.468 e. The van der Waals surface area contributed by atoms with Crippen LogP contribution >= 0.6 is 0 Å². The van der Waals surface area contributed by atoms with E-state index in [1.54, 1.807) is 6.92 Å². The highest BCUT2D eigenvalue weighted by atomic mass is 16.6. The molecule has 0 spiro atoms. The smallest absolute Gasteiger partial charge is 0.325 e. The number of methoxy groups -OCH3 is 1. The molecule has 0 heterocycles. The summed E-state index contributed by atoms with van der Waals surface area (Å²) in [5, 5.41) is 0. The largest absolute Gasteiger partial charge is 0.468 e. The fourth-order valence-corrected chi connectivity index (χ4v) is 0.412. The molecule has 5 heteroatoms. The first kappa shape index (κ1) is 9.35. The van der Waals surface area contributed by atoms with Crippen molar-refractivity contribution in [2.45, 2.75) is 19.1 Å². The molecule has 0 aliphatic rings. The van der Waals surface area contributed by atoms with Crippen LogP contribution in [0.4, 0.5) is 0 Å². The highest BCUT2D eigenvalue weighted by Crippen LogP contribution is 1.93. The van der Waals surface area contributed by atoms with Gasteiger partial charge < -0.3 is 10.5 Å². The van der Waals surface area contributed by atoms with Crippen LogP contribution in [0.5, 0.6) is 0 Å². The molecule has 0 aliphatic carbocycles. The van der Waals surface area contributed by atoms with Crippen molar-refractivity contribution < 1.29 is 14.4 Å². The van der Waals surface area contributed by atoms with E-state index in [4.69, 9.17) is 11.6 Å². The summed E-state index contributed by atoms with van der Waals surface area (Å²) in [6.45, 7) is 1.58. The molecule has 0 saturated carbocycles. The Kier molecular flexibility index (Phi) is 3.94. The normalized spacial score (nSPS) is 16.0. The minimum atomic E-state index is -0.810. The molecule has 0 aromatic rings. The van der Waals surface area contributed by atoms with E-state index in [-0.39, 0.29) is 0 Å². The van der Waals surface area contributed by atoms with Crippen LogP contribution in [0, 0.1) is 0 Å². The van der Waals surface area contributed by atoms with Gasteiger partial charge in [-0.1, -0.05) is 0 Å². The van der Waals surface area contributed by atoms with Crippen LogP contribution in [0.15, 0.2) is 0 Å². The standard InChI is InChI=1S/C5H12N2O3/c1-3(10-7)4(6)5(8)9-2/h3-4H,6-7H2,1-2H3/t3-,4+/m1/s1. The maximum atomic E-state index is 10.6. The fourth-order valence-electron chi connectivity index (χ4n) is 0.412. The summed E-state index contributed by atoms with van der Waals surface area (Å²) in [4.78, 5) is 14.9. The van der Waals surface area contributed by atoms with Crippen molar-refractivity contribution in [3.63, 3.8) is 0 Å². The summed E-state index contributed by atoms with van der Waals surface area (Å²) in [7, 11) is 1.26. The Morgan fingerprint density at radius 1 is 1.60 bits per heavy atom. The van der Waals surface area contributed by atoms with Crippen molar-refractivity contribution in [3.05, 3.63) is 0 Å². The second-order valence-electron chi connectivity index (χ2n) is 1.89. The molecule has 0 bridgehead atoms. The van der Waals surface area contributed by atoms with Crippen LogP contribution in [-0.2, 0) is 14.4 Å². The van der Waals surface area contributed by atoms with E-state index in [0.717, 1.165) is 0 Å². The van der Waals surface area contributed by atoms with E-state index in [2.05, 4.69) is 9.57 Å². The quantitative estimate of drug-likeness (QED) is 0.386. The Morgan fingerprint density at radius 2 is 2.10 bits per heavy atom. The Bertz CT molecular complexity index is 117. The minimum absolute atomic E-state index is 0.521. The molecule has 2 atom stereocenters. The second kappa shape index (κ2) is 4.21. The third kappa shape index (κ3) is 2.30. The van der Waals surface area contributed by atoms with E-state index < -0.39 is 18.1 Å². The van der Waals surface area contributed by atoms with E-state index in [9.17, 15) is 4.79 Å². The van der Waals surface area contributed by atoms with Gasteiger partial charge >= 0.3 is 5.97 Å². The first-order chi connectivity index (χ1) is 4.63. The summed E-state index contributed by atoms with van der Waals surface area (Å²) in [5.41, 5.74) is 5.30. The van der Waals surface area contributed by atoms with Gasteiger partial charge in [-0.3, -0.25) is 9.63 Å². The molecular weight excluding hydrogens is 136 g/mol. The molecule has 0 amide bonds. The zero-order valence-electron chi connectivity index (χ0n) is 6.03. The highest BCUT2D eigenvalue weighted by Gasteiger charge is 2.21. The SMILES string of the molecule is COC(=O)[C@@H](N)[C@@H](C)ON. The van der Waals surface area contributed by atoms with Crippen LogP contribution in [0.25, 0.3) is 0 Å². The number of hydrogen-bond donors (Lipinski definition) is 2. The third-order valence-corrected chi connectivity index (χ3v) is 1.19. The van der Waals surface area contributed by atoms with Crippen molar-refractivity contribution in [1.29, 1.82) is 0 Å². The van der Waals surface area contributed by atoms with Crippen LogP contribution < -0.4 is 11.6 Å². The van der Waals surface area contributed by atoms with Crippen molar-refractivity contribution in [2.75, 3.05) is 7.11 Å². The maximum Gasteiger partial charge on any atom is 0.325 e. The first-order valence-electron chi connectivity index (χ1n) is 2.82. The average Bonchev–Trinajstić information content (AvgIpc) is 2.00. The summed E-state index contributed by atoms with van der Waals surface area (Å²) in [5.74, 6) is 4.25. The number of nitrogens with two attached hydrogens (primary N) is 2. The molecule has 0 rings (SSSR count). The van der Waals surface area contributed by atoms with Gasteiger partial charge in [-0.05, 0) is 6.92 Å². The zero-order chi connectivity index (χ0) is 8.15. The molecule has 4 N–H and O–H groups in total. The molecule has 0 radical (unpaired) electrons. The molecule has 0 aromatic heterocycles. The lowest BCUT2D eigenvalue weighted by molar-refractivity contribution is -0.145. The predicted molar refractivity (Wildman–Crippen MR) is 34.7 cm³/mol. The van der Waals surface area contributed by atoms with Crippen LogP contribution in [0.3, 0.4) is 0 Å². The fraction of sp³-hybridized carbons (Fsp3) is 0.800. The number of rotatable bonds is 3. The lowest BCUT2D eigenvalue weighted by atomic mass is 10.2. The Morgan fingerprint density at radius 3 is 2.40 bits per heavy atom. The lowest BCUT2D eigenvalue weighted by Gasteiger charge is -2.14. The Balaban J connectivity index is 3.81. The summed E-state index contributed by atoms with van der Waals surface area (Å²) >= 11 is 0. The topological polar surface area (TPSA) is 87.6 Å². The maximum absolute atomic E-state index is 10.6. The number of esters is 1. The van der Waals surface area contributed by atoms with Gasteiger partial charge in [-0.15, -0.1) is 0 Å². The predicted octanol–water partition coefficient (Wildman–Crippen LogP) is -1.23. The molecule has 0 aromatic carbocycles. The molecule has 10 heavy (non-hydrogen) atoms. The highest BCUT2D eigenvalue weighted by molar-refractivity contribution is 5.75. The van der Waals surface area contributed by atoms with Gasteiger partial charge in [0.1, 0.15) is 12.1 Å². The second-order valence-corrected chi connectivity index (χ2v) is 1.89. The number of ether oxygens (including phenoxy) is 1. The van der Waals surface area contributed by atoms with Gasteiger partial charge in [0, 0.05) is 0 Å². The first-order valence-corrected chi connectivity index (χ1v) is 2.82. The van der Waals surface area contributed by atoms with Gasteiger partial charge in [0.15, 0.2) is 0 Å². The number of hydrogen-bond acceptors (Lipinski definition) is 5. The van der Waals surface area contributed by atoms with Gasteiger partial charge in [-0.25, -0.2) is 5.90 Å². The third-order valence-electron chi connectivity index (χ3n) is 1.19. The van der Waals surface area contributed by atoms with E-state index in [1.807, 2.05) is 0 Å². The summed E-state index contributed by atoms with van der Waals surface area (Å²) in [6, 6.07) is -0.810. The van der Waals surface area contributed by atoms with Crippen molar-refractivity contribution in [3.8, 4) is 0 Å². The van der Waals surface area contributed by atoms with Crippen LogP contribution in [0.1, 0.15) is 6.92 Å². The average molecular weight is 148 g/mol. The van der Waals surface area contributed by atoms with Crippen molar-refractivity contribution in [2.24, 2.45) is 11.6 Å². The summed E-state index contributed by atoms with van der Waals surface area (Å²) < 4.78 is 4.34. The Hall–Kier alpha value is -0.650. The monoisotopic (exact) mass is 148 g/mol. The molecule has 0 aliphatic heterocycles. The zero-order valence-corrected chi connectivity index (χ0v) is 6.03. The molecule has 0 fully saturated rings. The van der Waals surface area contributed by atoms with Gasteiger partial charge in [0.25, 0.3) is 0 Å². The van der Waals surface area contributed by atoms with E-state index in [0.29, 0.717) is 0 Å². The van der Waals surface area contributed by atoms with Gasteiger partial charge in [0.05, 0.1) is 7.11 Å². The molecular formula is C5H12N2O3. The molecule has 60 valence electrons. The molecule has 0 unspecified atom stereocenters. The van der Waals surface area contributed by atoms with Crippen molar-refractivity contribution in [1.82, 2.24) is 0 Å². The Labute approximate surface area is 59.2 Å². The van der Waals surface area contributed by atoms with Gasteiger partial charge in [0.2, 0.25) is 0 Å². The number of carbonyl (C=O) groups excluding carboxylic acids is 1. The van der Waals surface area contributed by atoms with Crippen LogP contribution in [-0.4, -0.2) is 25.2 Å². The molecule has 5 nitrogen and oxygen atoms in total. The van der Waals surface area contributed by atoms with Crippen molar-refractivity contribution >= 4 is 5.97 Å². The lowest BCUT2D eigenvalue weighted by Crippen LogP contribution is -2.43. The number of carbonyl (C=O) groups is 1. The summed E-state index contributed by atoms with van der Waals surface area (Å²) in [6.07, 6.45) is -0.521. The van der Waals surface area contributed by atoms with Crippen LogP contribution in [0.2, 0.25) is 0 Å². The van der Waals surface area contributed by atoms with E-state index in [1.165, 1.54) is 7.11 Å². The van der Waals surface area contributed by atoms with Gasteiger partial charge in [-0.2, -0.15) is 0 Å². The molecule has 0 saturated heterocycles. The van der Waals surface area contributed by atoms with E-state index >= 15 is 0 Å².